The number of nitrogens with zero attached hydrogens (tertiary/aromatic N) is 3. The Hall–Kier alpha value is -2.28. The molecule has 1 heterocycles. The van der Waals surface area contributed by atoms with Crippen molar-refractivity contribution >= 4 is 17.3 Å². The third-order valence-corrected chi connectivity index (χ3v) is 2.11. The highest BCUT2D eigenvalue weighted by atomic mass is 35.5. The van der Waals surface area contributed by atoms with Crippen LogP contribution in [0.5, 0.6) is 11.6 Å². The summed E-state index contributed by atoms with van der Waals surface area (Å²) in [4.78, 5) is 17.2. The first-order valence-corrected chi connectivity index (χ1v) is 5.03. The molecule has 6 nitrogen and oxygen atoms in total. The molecule has 1 aromatic carbocycles. The first-order chi connectivity index (χ1) is 8.56. The lowest BCUT2D eigenvalue weighted by atomic mass is 10.3. The minimum Gasteiger partial charge on any atom is -0.434 e. The molecule has 0 saturated carbocycles. The van der Waals surface area contributed by atoms with Crippen LogP contribution in [0.1, 0.15) is 0 Å². The van der Waals surface area contributed by atoms with Gasteiger partial charge in [0, 0.05) is 6.07 Å². The van der Waals surface area contributed by atoms with E-state index in [1.54, 1.807) is 0 Å². The predicted octanol–water partition coefficient (Wildman–Crippen LogP) is 2.97. The van der Waals surface area contributed by atoms with E-state index in [0.29, 0.717) is 0 Å². The summed E-state index contributed by atoms with van der Waals surface area (Å²) < 4.78 is 18.6. The summed E-state index contributed by atoms with van der Waals surface area (Å²) in [6.45, 7) is 0. The number of halogens is 2. The summed E-state index contributed by atoms with van der Waals surface area (Å²) in [5, 5.41) is 10.5. The monoisotopic (exact) mass is 269 g/mol. The Labute approximate surface area is 105 Å². The third-order valence-electron chi connectivity index (χ3n) is 1.92. The topological polar surface area (TPSA) is 78.2 Å². The Morgan fingerprint density at radius 3 is 2.78 bits per heavy atom. The largest absolute Gasteiger partial charge is 0.434 e. The highest BCUT2D eigenvalue weighted by Gasteiger charge is 2.12. The molecular weight excluding hydrogens is 265 g/mol. The number of benzene rings is 1. The van der Waals surface area contributed by atoms with E-state index in [2.05, 4.69) is 9.97 Å². The lowest BCUT2D eigenvalue weighted by Gasteiger charge is -2.04. The van der Waals surface area contributed by atoms with Crippen LogP contribution < -0.4 is 4.74 Å². The Morgan fingerprint density at radius 1 is 1.39 bits per heavy atom. The molecule has 2 aromatic rings. The second-order valence-corrected chi connectivity index (χ2v) is 3.54. The summed E-state index contributed by atoms with van der Waals surface area (Å²) in [5.74, 6) is -1.07. The summed E-state index contributed by atoms with van der Waals surface area (Å²) in [7, 11) is 0. The van der Waals surface area contributed by atoms with Crippen molar-refractivity contribution < 1.29 is 14.1 Å². The van der Waals surface area contributed by atoms with E-state index in [4.69, 9.17) is 16.3 Å². The highest BCUT2D eigenvalue weighted by molar-refractivity contribution is 6.29. The zero-order valence-corrected chi connectivity index (χ0v) is 9.46. The highest BCUT2D eigenvalue weighted by Crippen LogP contribution is 2.26. The number of hydrogen-bond donors (Lipinski definition) is 0. The van der Waals surface area contributed by atoms with Crippen LogP contribution >= 0.6 is 11.6 Å². The van der Waals surface area contributed by atoms with E-state index in [9.17, 15) is 14.5 Å². The van der Waals surface area contributed by atoms with Crippen LogP contribution in [0.25, 0.3) is 0 Å². The van der Waals surface area contributed by atoms with Gasteiger partial charge in [0.15, 0.2) is 16.7 Å². The van der Waals surface area contributed by atoms with Crippen LogP contribution in [0.2, 0.25) is 5.15 Å². The van der Waals surface area contributed by atoms with Gasteiger partial charge in [0.1, 0.15) is 0 Å². The molecule has 0 aliphatic heterocycles. The van der Waals surface area contributed by atoms with E-state index >= 15 is 0 Å². The van der Waals surface area contributed by atoms with Gasteiger partial charge in [-0.1, -0.05) is 11.6 Å². The van der Waals surface area contributed by atoms with Crippen LogP contribution in [0.4, 0.5) is 10.1 Å². The normalized spacial score (nSPS) is 10.1. The molecule has 0 aliphatic carbocycles. The average Bonchev–Trinajstić information content (AvgIpc) is 2.31. The van der Waals surface area contributed by atoms with Gasteiger partial charge in [-0.2, -0.15) is 4.98 Å². The number of hydrogen-bond acceptors (Lipinski definition) is 5. The molecule has 1 aromatic heterocycles. The minimum absolute atomic E-state index is 0.00440. The van der Waals surface area contributed by atoms with Crippen molar-refractivity contribution in [3.8, 4) is 11.6 Å². The fraction of sp³-hybridized carbons (Fsp3) is 0. The average molecular weight is 270 g/mol. The van der Waals surface area contributed by atoms with Crippen LogP contribution in [-0.4, -0.2) is 14.9 Å². The second kappa shape index (κ2) is 4.92. The van der Waals surface area contributed by atoms with Crippen LogP contribution in [0.15, 0.2) is 30.6 Å². The van der Waals surface area contributed by atoms with Crippen LogP contribution in [0, 0.1) is 15.9 Å². The first kappa shape index (κ1) is 12.2. The van der Waals surface area contributed by atoms with Gasteiger partial charge >= 0.3 is 0 Å². The quantitative estimate of drug-likeness (QED) is 0.632. The van der Waals surface area contributed by atoms with E-state index in [1.807, 2.05) is 0 Å². The molecule has 0 N–H and O–H groups in total. The number of nitro benzene ring substituents is 1. The molecule has 18 heavy (non-hydrogen) atoms. The lowest BCUT2D eigenvalue weighted by Crippen LogP contribution is -1.94. The Balaban J connectivity index is 2.27. The van der Waals surface area contributed by atoms with Gasteiger partial charge in [0.05, 0.1) is 23.4 Å². The van der Waals surface area contributed by atoms with Crippen LogP contribution in [0.3, 0.4) is 0 Å². The van der Waals surface area contributed by atoms with Crippen LogP contribution in [-0.2, 0) is 0 Å². The van der Waals surface area contributed by atoms with E-state index in [0.717, 1.165) is 18.2 Å². The Kier molecular flexibility index (Phi) is 3.33. The predicted molar refractivity (Wildman–Crippen MR) is 60.2 cm³/mol. The summed E-state index contributed by atoms with van der Waals surface area (Å²) in [6, 6.07) is 3.01. The number of nitro groups is 1. The molecule has 8 heteroatoms. The van der Waals surface area contributed by atoms with Crippen molar-refractivity contribution in [2.24, 2.45) is 0 Å². The molecule has 0 radical (unpaired) electrons. The minimum atomic E-state index is -0.869. The molecule has 0 saturated heterocycles. The summed E-state index contributed by atoms with van der Waals surface area (Å²) in [5.41, 5.74) is -0.364. The fourth-order valence-electron chi connectivity index (χ4n) is 1.17. The van der Waals surface area contributed by atoms with E-state index in [1.165, 1.54) is 12.4 Å². The molecule has 0 amide bonds. The maximum absolute atomic E-state index is 13.5. The molecule has 0 spiro atoms. The molecule has 0 unspecified atom stereocenters. The molecule has 92 valence electrons. The Bertz CT molecular complexity index is 609. The smallest absolute Gasteiger partial charge is 0.272 e. The van der Waals surface area contributed by atoms with Crippen molar-refractivity contribution in [3.63, 3.8) is 0 Å². The van der Waals surface area contributed by atoms with Crippen molar-refractivity contribution in [1.29, 1.82) is 0 Å². The first-order valence-electron chi connectivity index (χ1n) is 4.65. The second-order valence-electron chi connectivity index (χ2n) is 3.15. The maximum atomic E-state index is 13.5. The Morgan fingerprint density at radius 2 is 2.17 bits per heavy atom. The standard InChI is InChI=1S/C10H5ClFN3O3/c11-9-4-13-5-10(14-9)18-8-2-1-6(15(16)17)3-7(8)12/h1-5H. The maximum Gasteiger partial charge on any atom is 0.272 e. The summed E-state index contributed by atoms with van der Waals surface area (Å²) in [6.07, 6.45) is 2.54. The van der Waals surface area contributed by atoms with Crippen molar-refractivity contribution in [2.75, 3.05) is 0 Å². The molecule has 0 fully saturated rings. The number of aromatic nitrogens is 2. The van der Waals surface area contributed by atoms with Gasteiger partial charge in [0.25, 0.3) is 5.69 Å². The van der Waals surface area contributed by atoms with Gasteiger partial charge in [-0.3, -0.25) is 15.1 Å². The SMILES string of the molecule is O=[N+]([O-])c1ccc(Oc2cncc(Cl)n2)c(F)c1. The van der Waals surface area contributed by atoms with Crippen molar-refractivity contribution in [2.45, 2.75) is 0 Å². The zero-order chi connectivity index (χ0) is 13.1. The number of rotatable bonds is 3. The van der Waals surface area contributed by atoms with Gasteiger partial charge in [-0.25, -0.2) is 4.39 Å². The molecule has 0 bridgehead atoms. The lowest BCUT2D eigenvalue weighted by molar-refractivity contribution is -0.385. The van der Waals surface area contributed by atoms with Crippen molar-refractivity contribution in [3.05, 3.63) is 51.7 Å². The number of non-ortho nitro benzene ring substituents is 1. The molecule has 0 atom stereocenters. The fourth-order valence-corrected chi connectivity index (χ4v) is 1.31. The molecular formula is C10H5ClFN3O3. The third kappa shape index (κ3) is 2.69. The van der Waals surface area contributed by atoms with E-state index in [-0.39, 0.29) is 22.5 Å². The van der Waals surface area contributed by atoms with Gasteiger partial charge in [-0.15, -0.1) is 0 Å². The zero-order valence-electron chi connectivity index (χ0n) is 8.71. The van der Waals surface area contributed by atoms with Gasteiger partial charge in [-0.05, 0) is 6.07 Å². The molecule has 0 aliphatic rings. The van der Waals surface area contributed by atoms with Gasteiger partial charge in [0.2, 0.25) is 5.88 Å². The van der Waals surface area contributed by atoms with Crippen molar-refractivity contribution in [1.82, 2.24) is 9.97 Å². The van der Waals surface area contributed by atoms with E-state index < -0.39 is 10.7 Å². The number of ether oxygens (including phenoxy) is 1. The molecule has 2 rings (SSSR count). The van der Waals surface area contributed by atoms with Gasteiger partial charge < -0.3 is 4.74 Å². The summed E-state index contributed by atoms with van der Waals surface area (Å²) >= 11 is 5.58.